The van der Waals surface area contributed by atoms with Gasteiger partial charge in [0.15, 0.2) is 0 Å². The van der Waals surface area contributed by atoms with Crippen LogP contribution in [0, 0.1) is 11.3 Å². The smallest absolute Gasteiger partial charge is 0.407 e. The van der Waals surface area contributed by atoms with Crippen molar-refractivity contribution in [2.24, 2.45) is 11.3 Å². The molecule has 2 N–H and O–H groups in total. The van der Waals surface area contributed by atoms with Crippen LogP contribution >= 0.6 is 0 Å². The number of carboxylic acids is 1. The van der Waals surface area contributed by atoms with Crippen LogP contribution in [0.2, 0.25) is 0 Å². The van der Waals surface area contributed by atoms with Gasteiger partial charge < -0.3 is 20.1 Å². The molecule has 0 aromatic heterocycles. The number of nitrogens with one attached hydrogen (secondary N) is 1. The van der Waals surface area contributed by atoms with Crippen molar-refractivity contribution in [1.29, 1.82) is 0 Å². The van der Waals surface area contributed by atoms with Crippen LogP contribution in [0.5, 0.6) is 0 Å². The third-order valence-electron chi connectivity index (χ3n) is 7.98. The van der Waals surface area contributed by atoms with Crippen LogP contribution in [-0.2, 0) is 14.3 Å². The predicted octanol–water partition coefficient (Wildman–Crippen LogP) is 4.41. The van der Waals surface area contributed by atoms with E-state index in [0.717, 1.165) is 30.4 Å². The normalized spacial score (nSPS) is 20.2. The molecule has 2 aromatic rings. The number of ether oxygens (including phenoxy) is 1. The first-order valence-electron chi connectivity index (χ1n) is 12.3. The summed E-state index contributed by atoms with van der Waals surface area (Å²) in [5.41, 5.74) is 3.77. The Labute approximate surface area is 205 Å². The molecule has 7 nitrogen and oxygen atoms in total. The minimum atomic E-state index is -0.766. The van der Waals surface area contributed by atoms with Crippen molar-refractivity contribution in [2.45, 2.75) is 51.0 Å². The molecule has 1 saturated carbocycles. The van der Waals surface area contributed by atoms with Gasteiger partial charge in [0.2, 0.25) is 5.91 Å². The summed E-state index contributed by atoms with van der Waals surface area (Å²) in [6, 6.07) is 16.4. The quantitative estimate of drug-likeness (QED) is 0.644. The van der Waals surface area contributed by atoms with Crippen molar-refractivity contribution in [3.8, 4) is 11.1 Å². The Morgan fingerprint density at radius 1 is 1.03 bits per heavy atom. The second-order valence-electron chi connectivity index (χ2n) is 10.8. The van der Waals surface area contributed by atoms with Gasteiger partial charge in [-0.3, -0.25) is 9.59 Å². The van der Waals surface area contributed by atoms with Gasteiger partial charge in [-0.2, -0.15) is 0 Å². The summed E-state index contributed by atoms with van der Waals surface area (Å²) >= 11 is 0. The molecular formula is C28H32N2O5. The molecule has 1 saturated heterocycles. The molecule has 1 aliphatic heterocycles. The largest absolute Gasteiger partial charge is 0.481 e. The summed E-state index contributed by atoms with van der Waals surface area (Å²) < 4.78 is 5.64. The highest BCUT2D eigenvalue weighted by Gasteiger charge is 2.59. The van der Waals surface area contributed by atoms with Crippen molar-refractivity contribution < 1.29 is 24.2 Å². The first-order valence-corrected chi connectivity index (χ1v) is 12.3. The average molecular weight is 477 g/mol. The zero-order valence-electron chi connectivity index (χ0n) is 20.3. The Kier molecular flexibility index (Phi) is 5.82. The predicted molar refractivity (Wildman–Crippen MR) is 131 cm³/mol. The van der Waals surface area contributed by atoms with Gasteiger partial charge in [0, 0.05) is 31.0 Å². The van der Waals surface area contributed by atoms with E-state index in [2.05, 4.69) is 29.6 Å². The standard InChI is InChI=1S/C28H32N2O5/c1-27(2,16-24(31)30-13-11-28(12-14-30)15-23(28)25(32)33)29-26(34)35-17-22-20-9-5-3-7-18(20)19-8-4-6-10-21(19)22/h3-10,22-23H,11-17H2,1-2H3,(H,29,34)(H,32,33). The lowest BCUT2D eigenvalue weighted by atomic mass is 9.90. The van der Waals surface area contributed by atoms with E-state index in [-0.39, 0.29) is 36.2 Å². The van der Waals surface area contributed by atoms with E-state index in [4.69, 9.17) is 4.74 Å². The first-order chi connectivity index (χ1) is 16.7. The molecule has 0 radical (unpaired) electrons. The Balaban J connectivity index is 1.13. The molecule has 2 amide bonds. The van der Waals surface area contributed by atoms with E-state index in [9.17, 15) is 19.5 Å². The van der Waals surface area contributed by atoms with Gasteiger partial charge >= 0.3 is 12.1 Å². The van der Waals surface area contributed by atoms with E-state index in [1.54, 1.807) is 4.90 Å². The van der Waals surface area contributed by atoms with Crippen molar-refractivity contribution >= 4 is 18.0 Å². The van der Waals surface area contributed by atoms with Crippen LogP contribution in [0.15, 0.2) is 48.5 Å². The van der Waals surface area contributed by atoms with Crippen LogP contribution < -0.4 is 5.32 Å². The zero-order chi connectivity index (χ0) is 24.8. The molecule has 1 spiro atoms. The van der Waals surface area contributed by atoms with E-state index < -0.39 is 17.6 Å². The van der Waals surface area contributed by atoms with Crippen LogP contribution in [0.25, 0.3) is 11.1 Å². The maximum Gasteiger partial charge on any atom is 0.407 e. The Morgan fingerprint density at radius 2 is 1.60 bits per heavy atom. The number of carboxylic acid groups (broad SMARTS) is 1. The highest BCUT2D eigenvalue weighted by molar-refractivity contribution is 5.80. The molecule has 2 fully saturated rings. The number of amides is 2. The van der Waals surface area contributed by atoms with Crippen LogP contribution in [0.3, 0.4) is 0 Å². The number of hydrogen-bond donors (Lipinski definition) is 2. The number of hydrogen-bond acceptors (Lipinski definition) is 4. The van der Waals surface area contributed by atoms with Crippen molar-refractivity contribution in [3.63, 3.8) is 0 Å². The number of rotatable bonds is 6. The molecule has 7 heteroatoms. The summed E-state index contributed by atoms with van der Waals surface area (Å²) in [5.74, 6) is -1.03. The number of aliphatic carboxylic acids is 1. The lowest BCUT2D eigenvalue weighted by Crippen LogP contribution is -2.49. The van der Waals surface area contributed by atoms with Gasteiger partial charge in [-0.15, -0.1) is 0 Å². The molecular weight excluding hydrogens is 444 g/mol. The lowest BCUT2D eigenvalue weighted by Gasteiger charge is -2.35. The average Bonchev–Trinajstić information content (AvgIpc) is 3.43. The Bertz CT molecular complexity index is 1120. The van der Waals surface area contributed by atoms with Gasteiger partial charge in [0.1, 0.15) is 6.61 Å². The van der Waals surface area contributed by atoms with Crippen molar-refractivity contribution in [3.05, 3.63) is 59.7 Å². The minimum absolute atomic E-state index is 0.0179. The third kappa shape index (κ3) is 4.51. The molecule has 5 rings (SSSR count). The second-order valence-corrected chi connectivity index (χ2v) is 10.8. The van der Waals surface area contributed by atoms with E-state index >= 15 is 0 Å². The molecule has 184 valence electrons. The number of alkyl carbamates (subject to hydrolysis) is 1. The van der Waals surface area contributed by atoms with E-state index in [1.165, 1.54) is 11.1 Å². The van der Waals surface area contributed by atoms with E-state index in [0.29, 0.717) is 13.1 Å². The number of carbonyl (C=O) groups excluding carboxylic acids is 2. The topological polar surface area (TPSA) is 95.9 Å². The summed E-state index contributed by atoms with van der Waals surface area (Å²) in [6.45, 7) is 5.01. The summed E-state index contributed by atoms with van der Waals surface area (Å²) in [7, 11) is 0. The fourth-order valence-corrected chi connectivity index (χ4v) is 5.90. The van der Waals surface area contributed by atoms with Crippen LogP contribution in [0.4, 0.5) is 4.79 Å². The molecule has 2 aliphatic carbocycles. The van der Waals surface area contributed by atoms with Crippen molar-refractivity contribution in [2.75, 3.05) is 19.7 Å². The zero-order valence-corrected chi connectivity index (χ0v) is 20.3. The fraction of sp³-hybridized carbons (Fsp3) is 0.464. The number of fused-ring (bicyclic) bond motifs is 3. The maximum atomic E-state index is 12.9. The number of benzene rings is 2. The molecule has 1 atom stereocenters. The molecule has 1 heterocycles. The summed E-state index contributed by atoms with van der Waals surface area (Å²) in [4.78, 5) is 38.6. The Morgan fingerprint density at radius 3 is 2.14 bits per heavy atom. The van der Waals surface area contributed by atoms with Crippen LogP contribution in [0.1, 0.15) is 56.6 Å². The number of likely N-dealkylation sites (tertiary alicyclic amines) is 1. The molecule has 2 aromatic carbocycles. The minimum Gasteiger partial charge on any atom is -0.481 e. The fourth-order valence-electron chi connectivity index (χ4n) is 5.90. The van der Waals surface area contributed by atoms with Gasteiger partial charge in [-0.05, 0) is 60.8 Å². The summed E-state index contributed by atoms with van der Waals surface area (Å²) in [5, 5.41) is 12.1. The third-order valence-corrected chi connectivity index (χ3v) is 7.98. The van der Waals surface area contributed by atoms with Gasteiger partial charge in [0.25, 0.3) is 0 Å². The van der Waals surface area contributed by atoms with Gasteiger partial charge in [-0.1, -0.05) is 48.5 Å². The number of carbonyl (C=O) groups is 3. The number of nitrogens with zero attached hydrogens (tertiary/aromatic N) is 1. The molecule has 0 bridgehead atoms. The number of piperidine rings is 1. The van der Waals surface area contributed by atoms with E-state index in [1.807, 2.05) is 38.1 Å². The SMILES string of the molecule is CC(C)(CC(=O)N1CCC2(CC1)CC2C(=O)O)NC(=O)OCC1c2ccccc2-c2ccccc21. The second kappa shape index (κ2) is 8.70. The molecule has 3 aliphatic rings. The highest BCUT2D eigenvalue weighted by Crippen LogP contribution is 2.59. The van der Waals surface area contributed by atoms with Gasteiger partial charge in [-0.25, -0.2) is 4.79 Å². The first kappa shape index (κ1) is 23.4. The monoisotopic (exact) mass is 476 g/mol. The van der Waals surface area contributed by atoms with Gasteiger partial charge in [0.05, 0.1) is 5.92 Å². The Hall–Kier alpha value is -3.35. The highest BCUT2D eigenvalue weighted by atomic mass is 16.5. The van der Waals surface area contributed by atoms with Crippen LogP contribution in [-0.4, -0.2) is 53.2 Å². The lowest BCUT2D eigenvalue weighted by molar-refractivity contribution is -0.140. The van der Waals surface area contributed by atoms with Crippen molar-refractivity contribution in [1.82, 2.24) is 10.2 Å². The maximum absolute atomic E-state index is 12.9. The molecule has 1 unspecified atom stereocenters. The molecule has 35 heavy (non-hydrogen) atoms. The summed E-state index contributed by atoms with van der Waals surface area (Å²) in [6.07, 6.45) is 1.81.